The van der Waals surface area contributed by atoms with Gasteiger partial charge in [-0.15, -0.1) is 0 Å². The zero-order valence-corrected chi connectivity index (χ0v) is 13.1. The van der Waals surface area contributed by atoms with Crippen molar-refractivity contribution in [3.63, 3.8) is 0 Å². The molecule has 1 aliphatic heterocycles. The molecule has 3 rings (SSSR count). The van der Waals surface area contributed by atoms with E-state index in [2.05, 4.69) is 10.1 Å². The fourth-order valence-electron chi connectivity index (χ4n) is 3.27. The predicted molar refractivity (Wildman–Crippen MR) is 83.6 cm³/mol. The Hall–Kier alpha value is -2.19. The summed E-state index contributed by atoms with van der Waals surface area (Å²) in [4.78, 5) is 17.7. The van der Waals surface area contributed by atoms with Crippen LogP contribution in [0.25, 0.3) is 11.0 Å². The lowest BCUT2D eigenvalue weighted by Gasteiger charge is -2.37. The van der Waals surface area contributed by atoms with Crippen LogP contribution in [0.5, 0.6) is 0 Å². The van der Waals surface area contributed by atoms with Gasteiger partial charge in [0.1, 0.15) is 5.56 Å². The fourth-order valence-corrected chi connectivity index (χ4v) is 3.27. The molecule has 0 aliphatic carbocycles. The van der Waals surface area contributed by atoms with E-state index in [1.165, 1.54) is 6.20 Å². The number of hydrogen-bond acceptors (Lipinski definition) is 6. The number of aromatic nitrogens is 3. The van der Waals surface area contributed by atoms with Crippen LogP contribution in [0.15, 0.2) is 6.20 Å². The van der Waals surface area contributed by atoms with Gasteiger partial charge in [-0.2, -0.15) is 5.10 Å². The van der Waals surface area contributed by atoms with E-state index < -0.39 is 12.1 Å². The molecular formula is C15H20N4O4. The van der Waals surface area contributed by atoms with Gasteiger partial charge in [-0.1, -0.05) is 0 Å². The summed E-state index contributed by atoms with van der Waals surface area (Å²) in [5.74, 6) is -1.23. The van der Waals surface area contributed by atoms with E-state index in [-0.39, 0.29) is 24.6 Å². The largest absolute Gasteiger partial charge is 0.478 e. The molecule has 2 atom stereocenters. The third-order valence-corrected chi connectivity index (χ3v) is 4.50. The fraction of sp³-hybridized carbons (Fsp3) is 0.533. The number of fused-ring (bicyclic) bond motifs is 1. The number of carboxylic acid groups (broad SMARTS) is 1. The zero-order valence-electron chi connectivity index (χ0n) is 13.1. The Labute approximate surface area is 133 Å². The van der Waals surface area contributed by atoms with Crippen molar-refractivity contribution < 1.29 is 20.1 Å². The number of pyridine rings is 1. The highest BCUT2D eigenvalue weighted by Gasteiger charge is 2.31. The molecule has 8 heteroatoms. The average molecular weight is 320 g/mol. The van der Waals surface area contributed by atoms with Gasteiger partial charge < -0.3 is 20.2 Å². The monoisotopic (exact) mass is 320 g/mol. The van der Waals surface area contributed by atoms with Gasteiger partial charge in [0.25, 0.3) is 0 Å². The average Bonchev–Trinajstić information content (AvgIpc) is 2.81. The summed E-state index contributed by atoms with van der Waals surface area (Å²) in [6.45, 7) is 2.59. The second kappa shape index (κ2) is 5.78. The van der Waals surface area contributed by atoms with Crippen molar-refractivity contribution in [1.29, 1.82) is 0 Å². The van der Waals surface area contributed by atoms with Gasteiger partial charge in [-0.05, 0) is 13.3 Å². The van der Waals surface area contributed by atoms with Crippen LogP contribution in [-0.2, 0) is 7.05 Å². The molecule has 2 aromatic heterocycles. The van der Waals surface area contributed by atoms with Gasteiger partial charge in [0.05, 0.1) is 22.9 Å². The van der Waals surface area contributed by atoms with E-state index in [1.807, 2.05) is 11.8 Å². The van der Waals surface area contributed by atoms with Crippen LogP contribution < -0.4 is 4.90 Å². The molecular weight excluding hydrogens is 300 g/mol. The van der Waals surface area contributed by atoms with E-state index in [0.29, 0.717) is 35.4 Å². The Kier molecular flexibility index (Phi) is 3.95. The van der Waals surface area contributed by atoms with Crippen molar-refractivity contribution >= 4 is 22.7 Å². The number of anilines is 1. The minimum atomic E-state index is -1.06. The van der Waals surface area contributed by atoms with Crippen molar-refractivity contribution in [2.45, 2.75) is 19.4 Å². The number of aliphatic hydroxyl groups is 2. The van der Waals surface area contributed by atoms with Gasteiger partial charge in [-0.3, -0.25) is 4.68 Å². The number of piperidine rings is 1. The van der Waals surface area contributed by atoms with E-state index in [1.54, 1.807) is 11.7 Å². The van der Waals surface area contributed by atoms with Crippen molar-refractivity contribution in [3.8, 4) is 0 Å². The summed E-state index contributed by atoms with van der Waals surface area (Å²) in [5.41, 5.74) is 1.96. The second-order valence-corrected chi connectivity index (χ2v) is 5.98. The molecule has 2 aromatic rings. The van der Waals surface area contributed by atoms with Gasteiger partial charge in [-0.25, -0.2) is 9.78 Å². The number of β-amino-alcohol motifs (C(OH)–C–C–N with tert-alkyl or cyclic N) is 1. The lowest BCUT2D eigenvalue weighted by Crippen LogP contribution is -2.45. The van der Waals surface area contributed by atoms with Gasteiger partial charge in [0, 0.05) is 38.9 Å². The highest BCUT2D eigenvalue weighted by atomic mass is 16.4. The Morgan fingerprint density at radius 1 is 1.48 bits per heavy atom. The minimum absolute atomic E-state index is 0.0710. The molecule has 1 fully saturated rings. The first kappa shape index (κ1) is 15.7. The van der Waals surface area contributed by atoms with Crippen molar-refractivity contribution in [3.05, 3.63) is 17.5 Å². The lowest BCUT2D eigenvalue weighted by atomic mass is 9.93. The third-order valence-electron chi connectivity index (χ3n) is 4.50. The maximum Gasteiger partial charge on any atom is 0.339 e. The van der Waals surface area contributed by atoms with Gasteiger partial charge >= 0.3 is 5.97 Å². The maximum atomic E-state index is 11.6. The Balaban J connectivity index is 2.15. The molecule has 1 saturated heterocycles. The van der Waals surface area contributed by atoms with Crippen LogP contribution in [0, 0.1) is 12.8 Å². The number of carbonyl (C=O) groups is 1. The number of hydrogen-bond donors (Lipinski definition) is 3. The first-order valence-corrected chi connectivity index (χ1v) is 7.53. The molecule has 0 spiro atoms. The summed E-state index contributed by atoms with van der Waals surface area (Å²) in [7, 11) is 1.76. The quantitative estimate of drug-likeness (QED) is 0.738. The third kappa shape index (κ3) is 2.53. The number of aromatic carboxylic acids is 1. The molecule has 3 heterocycles. The van der Waals surface area contributed by atoms with Crippen LogP contribution in [-0.4, -0.2) is 61.9 Å². The lowest BCUT2D eigenvalue weighted by molar-refractivity contribution is 0.0544. The standard InChI is InChI=1S/C15H20N4O4/c1-8-12-13(19-4-3-9(7-20)11(21)6-19)10(15(22)23)5-16-14(12)18(2)17-8/h5,9,11,20-21H,3-4,6-7H2,1-2H3,(H,22,23). The Morgan fingerprint density at radius 3 is 2.83 bits per heavy atom. The summed E-state index contributed by atoms with van der Waals surface area (Å²) in [6.07, 6.45) is 1.24. The van der Waals surface area contributed by atoms with E-state index >= 15 is 0 Å². The first-order valence-electron chi connectivity index (χ1n) is 7.53. The molecule has 124 valence electrons. The molecule has 0 radical (unpaired) electrons. The van der Waals surface area contributed by atoms with Crippen molar-refractivity contribution in [2.24, 2.45) is 13.0 Å². The van der Waals surface area contributed by atoms with Crippen LogP contribution in [0.2, 0.25) is 0 Å². The Bertz CT molecular complexity index is 758. The normalized spacial score (nSPS) is 21.8. The summed E-state index contributed by atoms with van der Waals surface area (Å²) in [6, 6.07) is 0. The Morgan fingerprint density at radius 2 is 2.22 bits per heavy atom. The van der Waals surface area contributed by atoms with Gasteiger partial charge in [0.15, 0.2) is 5.65 Å². The smallest absolute Gasteiger partial charge is 0.339 e. The highest BCUT2D eigenvalue weighted by Crippen LogP contribution is 2.34. The first-order chi connectivity index (χ1) is 10.9. The highest BCUT2D eigenvalue weighted by molar-refractivity contribution is 6.04. The predicted octanol–water partition coefficient (Wildman–Crippen LogP) is 0.154. The molecule has 2 unspecified atom stereocenters. The number of rotatable bonds is 3. The number of aliphatic hydroxyl groups excluding tert-OH is 2. The molecule has 0 amide bonds. The number of nitrogens with zero attached hydrogens (tertiary/aromatic N) is 4. The van der Waals surface area contributed by atoms with Crippen LogP contribution in [0.3, 0.4) is 0 Å². The van der Waals surface area contributed by atoms with Crippen LogP contribution in [0.4, 0.5) is 5.69 Å². The summed E-state index contributed by atoms with van der Waals surface area (Å²) < 4.78 is 1.62. The molecule has 0 bridgehead atoms. The maximum absolute atomic E-state index is 11.6. The molecule has 8 nitrogen and oxygen atoms in total. The topological polar surface area (TPSA) is 112 Å². The minimum Gasteiger partial charge on any atom is -0.478 e. The van der Waals surface area contributed by atoms with Crippen molar-refractivity contribution in [2.75, 3.05) is 24.6 Å². The van der Waals surface area contributed by atoms with E-state index in [0.717, 1.165) is 0 Å². The zero-order chi connectivity index (χ0) is 16.7. The molecule has 23 heavy (non-hydrogen) atoms. The van der Waals surface area contributed by atoms with Crippen molar-refractivity contribution in [1.82, 2.24) is 14.8 Å². The van der Waals surface area contributed by atoms with E-state index in [9.17, 15) is 20.1 Å². The molecule has 0 aromatic carbocycles. The number of carboxylic acids is 1. The SMILES string of the molecule is Cc1nn(C)c2ncc(C(=O)O)c(N3CCC(CO)C(O)C3)c12. The van der Waals surface area contributed by atoms with Crippen LogP contribution in [0.1, 0.15) is 22.5 Å². The van der Waals surface area contributed by atoms with Crippen LogP contribution >= 0.6 is 0 Å². The molecule has 0 saturated carbocycles. The number of aryl methyl sites for hydroxylation is 2. The van der Waals surface area contributed by atoms with Gasteiger partial charge in [0.2, 0.25) is 0 Å². The summed E-state index contributed by atoms with van der Waals surface area (Å²) in [5, 5.41) is 34.0. The molecule has 3 N–H and O–H groups in total. The second-order valence-electron chi connectivity index (χ2n) is 5.98. The van der Waals surface area contributed by atoms with E-state index in [4.69, 9.17) is 0 Å². The summed E-state index contributed by atoms with van der Waals surface area (Å²) >= 11 is 0. The molecule has 1 aliphatic rings.